The molecule has 6 rings (SSSR count). The Bertz CT molecular complexity index is 1690. The molecule has 0 saturated carbocycles. The Labute approximate surface area is 270 Å². The third kappa shape index (κ3) is 7.21. The Kier molecular flexibility index (Phi) is 8.95. The highest BCUT2D eigenvalue weighted by Crippen LogP contribution is 2.41. The van der Waals surface area contributed by atoms with Crippen LogP contribution in [0.3, 0.4) is 0 Å². The zero-order valence-electron chi connectivity index (χ0n) is 28.3. The van der Waals surface area contributed by atoms with Crippen LogP contribution in [0.2, 0.25) is 0 Å². The molecule has 0 aromatic heterocycles. The Morgan fingerprint density at radius 2 is 1.47 bits per heavy atom. The summed E-state index contributed by atoms with van der Waals surface area (Å²) in [5, 5.41) is 1.26. The van der Waals surface area contributed by atoms with Crippen LogP contribution in [0.5, 0.6) is 5.75 Å². The molecule has 4 aliphatic heterocycles. The van der Waals surface area contributed by atoms with Crippen molar-refractivity contribution in [1.82, 2.24) is 4.58 Å². The summed E-state index contributed by atoms with van der Waals surface area (Å²) in [7, 11) is 0. The maximum Gasteiger partial charge on any atom is 0.203 e. The van der Waals surface area contributed by atoms with E-state index in [9.17, 15) is 0 Å². The van der Waals surface area contributed by atoms with Gasteiger partial charge in [-0.2, -0.15) is 0 Å². The maximum absolute atomic E-state index is 6.51. The van der Waals surface area contributed by atoms with Crippen molar-refractivity contribution in [2.45, 2.75) is 85.5 Å². The van der Waals surface area contributed by atoms with Gasteiger partial charge in [-0.25, -0.2) is 4.58 Å². The fourth-order valence-electron chi connectivity index (χ4n) is 6.50. The molecule has 1 aromatic carbocycles. The first-order valence-electron chi connectivity index (χ1n) is 17.1. The van der Waals surface area contributed by atoms with Crippen LogP contribution in [0.1, 0.15) is 97.0 Å². The topological polar surface area (TPSA) is 28.6 Å². The number of hydrogen-bond acceptors (Lipinski definition) is 3. The highest BCUT2D eigenvalue weighted by Gasteiger charge is 2.27. The molecular weight excluding hydrogens is 552 g/mol. The van der Waals surface area contributed by atoms with Gasteiger partial charge in [0.2, 0.25) is 5.36 Å². The minimum Gasteiger partial charge on any atom is -0.460 e. The van der Waals surface area contributed by atoms with Crippen LogP contribution >= 0.6 is 0 Å². The molecule has 0 bridgehead atoms. The molecule has 0 unspecified atom stereocenters. The second-order valence-corrected chi connectivity index (χ2v) is 15.0. The zero-order chi connectivity index (χ0) is 31.6. The van der Waals surface area contributed by atoms with Crippen LogP contribution in [0.15, 0.2) is 83.0 Å². The number of piperidine rings is 2. The van der Waals surface area contributed by atoms with Crippen molar-refractivity contribution < 1.29 is 9.15 Å². The van der Waals surface area contributed by atoms with Crippen LogP contribution in [-0.2, 0) is 5.41 Å². The number of fused-ring (bicyclic) bond motifs is 2. The summed E-state index contributed by atoms with van der Waals surface area (Å²) in [5.74, 6) is 3.91. The Balaban J connectivity index is 1.30. The minimum absolute atomic E-state index is 0.0838. The van der Waals surface area contributed by atoms with Gasteiger partial charge < -0.3 is 14.1 Å². The van der Waals surface area contributed by atoms with Gasteiger partial charge in [0, 0.05) is 65.7 Å². The number of benzene rings is 2. The summed E-state index contributed by atoms with van der Waals surface area (Å²) in [6.07, 6.45) is 20.8. The summed E-state index contributed by atoms with van der Waals surface area (Å²) < 4.78 is 15.5. The lowest BCUT2D eigenvalue weighted by Gasteiger charge is -2.32. The normalized spacial score (nSPS) is 19.0. The number of ether oxygens (including phenoxy) is 1. The van der Waals surface area contributed by atoms with Gasteiger partial charge in [0.15, 0.2) is 0 Å². The average molecular weight is 604 g/mol. The van der Waals surface area contributed by atoms with Crippen LogP contribution in [-0.4, -0.2) is 26.2 Å². The van der Waals surface area contributed by atoms with Gasteiger partial charge in [-0.1, -0.05) is 71.9 Å². The lowest BCUT2D eigenvalue weighted by molar-refractivity contribution is 0.290. The fraction of sp³-hybridized carbons (Fsp3) is 0.439. The number of anilines is 1. The number of hydrogen-bond donors (Lipinski definition) is 0. The predicted molar refractivity (Wildman–Crippen MR) is 190 cm³/mol. The largest absolute Gasteiger partial charge is 0.460 e. The standard InChI is InChI=1S/C41H51N2O2/c1-40(2,3)38-26-30(34-20-18-32(28-36(34)44-38)42-22-12-8-13-23-42)16-10-7-11-17-31-27-39(41(4,5)6)45-37-29-33(19-21-35(31)37)43-24-14-9-15-25-43/h7,10-11,16-21,26-29H,8-9,12-15,22-25H2,1-6H3/q+1. The third-order valence-corrected chi connectivity index (χ3v) is 9.26. The van der Waals surface area contributed by atoms with Gasteiger partial charge in [0.05, 0.1) is 6.07 Å². The monoisotopic (exact) mass is 603 g/mol. The molecule has 0 spiro atoms. The molecule has 4 heterocycles. The van der Waals surface area contributed by atoms with Crippen molar-refractivity contribution in [3.63, 3.8) is 0 Å². The van der Waals surface area contributed by atoms with Crippen LogP contribution in [0, 0.1) is 5.41 Å². The SMILES string of the molecule is CC(C)(C)C1=CC(=CC=CC=Cc2cc(C(C)(C)C)oc3cc(=[N+]4CCCCC4)ccc2-3)c2ccc(N3CCCCC3)cc2O1. The van der Waals surface area contributed by atoms with E-state index in [1.165, 1.54) is 60.7 Å². The molecule has 0 amide bonds. The smallest absolute Gasteiger partial charge is 0.203 e. The molecule has 45 heavy (non-hydrogen) atoms. The molecule has 4 heteroatoms. The summed E-state index contributed by atoms with van der Waals surface area (Å²) >= 11 is 0. The second-order valence-electron chi connectivity index (χ2n) is 15.0. The molecular formula is C41H51N2O2+. The Morgan fingerprint density at radius 1 is 0.733 bits per heavy atom. The van der Waals surface area contributed by atoms with Gasteiger partial charge in [0.25, 0.3) is 0 Å². The zero-order valence-corrected chi connectivity index (χ0v) is 28.3. The van der Waals surface area contributed by atoms with E-state index >= 15 is 0 Å². The lowest BCUT2D eigenvalue weighted by atomic mass is 9.89. The Hall–Kier alpha value is -3.79. The van der Waals surface area contributed by atoms with E-state index in [0.717, 1.165) is 60.3 Å². The van der Waals surface area contributed by atoms with E-state index in [1.54, 1.807) is 0 Å². The molecule has 4 nitrogen and oxygen atoms in total. The van der Waals surface area contributed by atoms with Crippen LogP contribution in [0.4, 0.5) is 5.69 Å². The molecule has 0 radical (unpaired) electrons. The van der Waals surface area contributed by atoms with Crippen molar-refractivity contribution in [1.29, 1.82) is 0 Å². The van der Waals surface area contributed by atoms with Crippen molar-refractivity contribution in [3.05, 3.63) is 101 Å². The van der Waals surface area contributed by atoms with E-state index in [4.69, 9.17) is 9.15 Å². The highest BCUT2D eigenvalue weighted by atomic mass is 16.5. The first-order valence-corrected chi connectivity index (χ1v) is 17.1. The van der Waals surface area contributed by atoms with Gasteiger partial charge in [0.1, 0.15) is 36.1 Å². The van der Waals surface area contributed by atoms with Crippen molar-refractivity contribution in [2.75, 3.05) is 31.1 Å². The molecule has 236 valence electrons. The molecule has 5 aliphatic rings. The van der Waals surface area contributed by atoms with Crippen molar-refractivity contribution in [3.8, 4) is 17.1 Å². The number of rotatable bonds is 4. The second kappa shape index (κ2) is 12.9. The maximum atomic E-state index is 6.51. The first kappa shape index (κ1) is 31.2. The first-order chi connectivity index (χ1) is 21.6. The van der Waals surface area contributed by atoms with Crippen LogP contribution < -0.4 is 19.6 Å². The quantitative estimate of drug-likeness (QED) is 0.220. The van der Waals surface area contributed by atoms with E-state index in [-0.39, 0.29) is 10.8 Å². The molecule has 2 saturated heterocycles. The van der Waals surface area contributed by atoms with E-state index in [0.29, 0.717) is 0 Å². The van der Waals surface area contributed by atoms with E-state index in [2.05, 4.69) is 130 Å². The summed E-state index contributed by atoms with van der Waals surface area (Å²) in [4.78, 5) is 2.50. The van der Waals surface area contributed by atoms with E-state index in [1.807, 2.05) is 0 Å². The number of nitrogens with zero attached hydrogens (tertiary/aromatic N) is 2. The molecule has 0 N–H and O–H groups in total. The van der Waals surface area contributed by atoms with Gasteiger partial charge in [-0.05, 0) is 67.2 Å². The van der Waals surface area contributed by atoms with Gasteiger partial charge in [-0.3, -0.25) is 0 Å². The minimum atomic E-state index is -0.0838. The van der Waals surface area contributed by atoms with Gasteiger partial charge in [-0.15, -0.1) is 0 Å². The summed E-state index contributed by atoms with van der Waals surface area (Å²) in [6.45, 7) is 17.8. The lowest BCUT2D eigenvalue weighted by Crippen LogP contribution is -2.34. The number of allylic oxidation sites excluding steroid dienone is 7. The summed E-state index contributed by atoms with van der Waals surface area (Å²) in [5.41, 5.74) is 5.75. The summed E-state index contributed by atoms with van der Waals surface area (Å²) in [6, 6.07) is 15.7. The third-order valence-electron chi connectivity index (χ3n) is 9.26. The van der Waals surface area contributed by atoms with E-state index < -0.39 is 0 Å². The molecule has 1 aliphatic carbocycles. The molecule has 1 aromatic rings. The fourth-order valence-corrected chi connectivity index (χ4v) is 6.50. The highest BCUT2D eigenvalue weighted by molar-refractivity contribution is 5.83. The molecule has 0 atom stereocenters. The van der Waals surface area contributed by atoms with Crippen molar-refractivity contribution >= 4 is 17.3 Å². The van der Waals surface area contributed by atoms with Gasteiger partial charge >= 0.3 is 0 Å². The molecule has 2 fully saturated rings. The Morgan fingerprint density at radius 3 is 2.20 bits per heavy atom. The van der Waals surface area contributed by atoms with Crippen molar-refractivity contribution in [2.24, 2.45) is 5.41 Å². The average Bonchev–Trinajstić information content (AvgIpc) is 3.03. The predicted octanol–water partition coefficient (Wildman–Crippen LogP) is 9.60. The van der Waals surface area contributed by atoms with Crippen LogP contribution in [0.25, 0.3) is 23.0 Å².